The van der Waals surface area contributed by atoms with Gasteiger partial charge in [0.15, 0.2) is 0 Å². The molecule has 2 nitrogen and oxygen atoms in total. The molecule has 3 rings (SSSR count). The highest BCUT2D eigenvalue weighted by molar-refractivity contribution is 5.46. The van der Waals surface area contributed by atoms with Crippen molar-refractivity contribution in [3.05, 3.63) is 30.1 Å². The third-order valence-electron chi connectivity index (χ3n) is 4.81. The van der Waals surface area contributed by atoms with Crippen LogP contribution in [0.2, 0.25) is 0 Å². The lowest BCUT2D eigenvalue weighted by Gasteiger charge is -2.38. The number of halogens is 1. The van der Waals surface area contributed by atoms with Crippen molar-refractivity contribution in [3.63, 3.8) is 0 Å². The average Bonchev–Trinajstić information content (AvgIpc) is 2.50. The summed E-state index contributed by atoms with van der Waals surface area (Å²) >= 11 is 0. The lowest BCUT2D eigenvalue weighted by molar-refractivity contribution is 0.192. The van der Waals surface area contributed by atoms with Crippen molar-refractivity contribution in [3.8, 4) is 0 Å². The summed E-state index contributed by atoms with van der Waals surface area (Å²) in [5.74, 6) is 0.783. The van der Waals surface area contributed by atoms with Gasteiger partial charge in [-0.2, -0.15) is 0 Å². The minimum Gasteiger partial charge on any atom is -0.369 e. The van der Waals surface area contributed by atoms with Gasteiger partial charge in [-0.05, 0) is 43.0 Å². The molecule has 1 saturated heterocycles. The van der Waals surface area contributed by atoms with Crippen LogP contribution in [-0.4, -0.2) is 37.6 Å². The molecule has 0 radical (unpaired) electrons. The quantitative estimate of drug-likeness (QED) is 0.833. The van der Waals surface area contributed by atoms with Gasteiger partial charge in [0.25, 0.3) is 0 Å². The lowest BCUT2D eigenvalue weighted by Crippen LogP contribution is -2.48. The number of hydrogen-bond donors (Lipinski definition) is 0. The molecule has 0 amide bonds. The van der Waals surface area contributed by atoms with Gasteiger partial charge in [0.1, 0.15) is 5.82 Å². The van der Waals surface area contributed by atoms with Crippen LogP contribution in [0, 0.1) is 11.7 Å². The minimum atomic E-state index is -0.148. The second-order valence-electron chi connectivity index (χ2n) is 6.27. The van der Waals surface area contributed by atoms with Crippen LogP contribution in [0.5, 0.6) is 0 Å². The number of rotatable bonds is 3. The average molecular weight is 276 g/mol. The molecule has 3 heteroatoms. The molecule has 1 aliphatic heterocycles. The predicted octanol–water partition coefficient (Wildman–Crippen LogP) is 3.53. The Hall–Kier alpha value is -1.09. The van der Waals surface area contributed by atoms with E-state index in [1.54, 1.807) is 12.1 Å². The highest BCUT2D eigenvalue weighted by Gasteiger charge is 2.21. The van der Waals surface area contributed by atoms with E-state index >= 15 is 0 Å². The van der Waals surface area contributed by atoms with Gasteiger partial charge in [-0.1, -0.05) is 19.3 Å². The third kappa shape index (κ3) is 3.51. The van der Waals surface area contributed by atoms with Gasteiger partial charge in [-0.15, -0.1) is 0 Å². The SMILES string of the molecule is Fc1ccc(N2CCN(CC3CCCCC3)CC2)cc1. The summed E-state index contributed by atoms with van der Waals surface area (Å²) in [5, 5.41) is 0. The van der Waals surface area contributed by atoms with Crippen LogP contribution in [0.4, 0.5) is 10.1 Å². The Morgan fingerprint density at radius 2 is 1.55 bits per heavy atom. The minimum absolute atomic E-state index is 0.148. The molecule has 0 atom stereocenters. The van der Waals surface area contributed by atoms with Gasteiger partial charge in [0.05, 0.1) is 0 Å². The Balaban J connectivity index is 1.47. The van der Waals surface area contributed by atoms with Gasteiger partial charge in [0, 0.05) is 38.4 Å². The summed E-state index contributed by atoms with van der Waals surface area (Å²) in [6, 6.07) is 6.91. The first-order valence-corrected chi connectivity index (χ1v) is 8.04. The first-order valence-electron chi connectivity index (χ1n) is 8.04. The maximum absolute atomic E-state index is 12.9. The molecule has 110 valence electrons. The molecule has 1 heterocycles. The molecule has 1 aliphatic carbocycles. The Kier molecular flexibility index (Phi) is 4.56. The van der Waals surface area contributed by atoms with Crippen molar-refractivity contribution in [1.82, 2.24) is 4.90 Å². The summed E-state index contributed by atoms with van der Waals surface area (Å²) < 4.78 is 12.9. The Morgan fingerprint density at radius 1 is 0.900 bits per heavy atom. The topological polar surface area (TPSA) is 6.48 Å². The van der Waals surface area contributed by atoms with E-state index in [-0.39, 0.29) is 5.82 Å². The molecule has 0 aromatic heterocycles. The van der Waals surface area contributed by atoms with Crippen LogP contribution in [0.3, 0.4) is 0 Å². The van der Waals surface area contributed by atoms with E-state index in [2.05, 4.69) is 9.80 Å². The number of anilines is 1. The number of piperazine rings is 1. The summed E-state index contributed by atoms with van der Waals surface area (Å²) in [4.78, 5) is 4.99. The summed E-state index contributed by atoms with van der Waals surface area (Å²) in [6.07, 6.45) is 7.16. The Bertz CT molecular complexity index is 404. The predicted molar refractivity (Wildman–Crippen MR) is 81.6 cm³/mol. The van der Waals surface area contributed by atoms with Gasteiger partial charge in [-0.3, -0.25) is 4.90 Å². The molecule has 0 spiro atoms. The third-order valence-corrected chi connectivity index (χ3v) is 4.81. The van der Waals surface area contributed by atoms with Crippen LogP contribution in [0.1, 0.15) is 32.1 Å². The van der Waals surface area contributed by atoms with Gasteiger partial charge in [0.2, 0.25) is 0 Å². The highest BCUT2D eigenvalue weighted by Crippen LogP contribution is 2.25. The molecule has 1 saturated carbocycles. The molecule has 20 heavy (non-hydrogen) atoms. The standard InChI is InChI=1S/C17H25FN2/c18-16-6-8-17(9-7-16)20-12-10-19(11-13-20)14-15-4-2-1-3-5-15/h6-9,15H,1-5,10-14H2. The smallest absolute Gasteiger partial charge is 0.123 e. The van der Waals surface area contributed by atoms with E-state index in [1.165, 1.54) is 38.6 Å². The molecule has 0 bridgehead atoms. The van der Waals surface area contributed by atoms with E-state index in [4.69, 9.17) is 0 Å². The number of nitrogens with zero attached hydrogens (tertiary/aromatic N) is 2. The van der Waals surface area contributed by atoms with Gasteiger partial charge < -0.3 is 4.90 Å². The monoisotopic (exact) mass is 276 g/mol. The van der Waals surface area contributed by atoms with Crippen molar-refractivity contribution >= 4 is 5.69 Å². The van der Waals surface area contributed by atoms with E-state index in [0.717, 1.165) is 37.8 Å². The second-order valence-corrected chi connectivity index (χ2v) is 6.27. The zero-order valence-corrected chi connectivity index (χ0v) is 12.2. The molecule has 2 fully saturated rings. The summed E-state index contributed by atoms with van der Waals surface area (Å²) in [5.41, 5.74) is 1.16. The maximum Gasteiger partial charge on any atom is 0.123 e. The van der Waals surface area contributed by atoms with Crippen molar-refractivity contribution in [1.29, 1.82) is 0 Å². The number of hydrogen-bond acceptors (Lipinski definition) is 2. The molecule has 0 unspecified atom stereocenters. The molecule has 2 aliphatic rings. The lowest BCUT2D eigenvalue weighted by atomic mass is 9.89. The van der Waals surface area contributed by atoms with Crippen LogP contribution in [-0.2, 0) is 0 Å². The Labute approximate surface area is 121 Å². The molecule has 1 aromatic rings. The molecular formula is C17H25FN2. The zero-order valence-electron chi connectivity index (χ0n) is 12.2. The molecular weight excluding hydrogens is 251 g/mol. The zero-order chi connectivity index (χ0) is 13.8. The highest BCUT2D eigenvalue weighted by atomic mass is 19.1. The van der Waals surface area contributed by atoms with E-state index in [9.17, 15) is 4.39 Å². The van der Waals surface area contributed by atoms with Crippen molar-refractivity contribution in [2.75, 3.05) is 37.6 Å². The Morgan fingerprint density at radius 3 is 2.20 bits per heavy atom. The van der Waals surface area contributed by atoms with E-state index in [1.807, 2.05) is 12.1 Å². The fourth-order valence-electron chi connectivity index (χ4n) is 3.58. The van der Waals surface area contributed by atoms with Crippen molar-refractivity contribution in [2.24, 2.45) is 5.92 Å². The first kappa shape index (κ1) is 13.9. The van der Waals surface area contributed by atoms with Gasteiger partial charge in [-0.25, -0.2) is 4.39 Å². The maximum atomic E-state index is 12.9. The van der Waals surface area contributed by atoms with Crippen LogP contribution >= 0.6 is 0 Å². The van der Waals surface area contributed by atoms with E-state index in [0.29, 0.717) is 0 Å². The second kappa shape index (κ2) is 6.57. The fraction of sp³-hybridized carbons (Fsp3) is 0.647. The fourth-order valence-corrected chi connectivity index (χ4v) is 3.58. The first-order chi connectivity index (χ1) is 9.81. The van der Waals surface area contributed by atoms with Crippen molar-refractivity contribution < 1.29 is 4.39 Å². The van der Waals surface area contributed by atoms with Crippen LogP contribution < -0.4 is 4.90 Å². The van der Waals surface area contributed by atoms with Crippen molar-refractivity contribution in [2.45, 2.75) is 32.1 Å². The van der Waals surface area contributed by atoms with Crippen LogP contribution in [0.15, 0.2) is 24.3 Å². The normalized spacial score (nSPS) is 22.1. The largest absolute Gasteiger partial charge is 0.369 e. The summed E-state index contributed by atoms with van der Waals surface area (Å²) in [7, 11) is 0. The molecule has 0 N–H and O–H groups in total. The van der Waals surface area contributed by atoms with Gasteiger partial charge >= 0.3 is 0 Å². The van der Waals surface area contributed by atoms with Crippen LogP contribution in [0.25, 0.3) is 0 Å². The molecule has 1 aromatic carbocycles. The summed E-state index contributed by atoms with van der Waals surface area (Å²) in [6.45, 7) is 5.72. The van der Waals surface area contributed by atoms with E-state index < -0.39 is 0 Å². The number of benzene rings is 1.